The maximum Gasteiger partial charge on any atom is 0.258 e. The Labute approximate surface area is 233 Å². The molecule has 1 aromatic heterocycles. The van der Waals surface area contributed by atoms with Crippen LogP contribution in [-0.2, 0) is 6.54 Å². The Morgan fingerprint density at radius 3 is 2.49 bits per heavy atom. The van der Waals surface area contributed by atoms with Crippen molar-refractivity contribution in [3.8, 4) is 5.75 Å². The number of nitrogens with zero attached hydrogens (tertiary/aromatic N) is 4. The van der Waals surface area contributed by atoms with Gasteiger partial charge in [-0.15, -0.1) is 0 Å². The first-order valence-corrected chi connectivity index (χ1v) is 14.4. The molecular weight excluding hydrogens is 486 g/mol. The van der Waals surface area contributed by atoms with Gasteiger partial charge in [0.25, 0.3) is 5.91 Å². The van der Waals surface area contributed by atoms with E-state index in [2.05, 4.69) is 40.2 Å². The molecule has 1 unspecified atom stereocenters. The second-order valence-corrected chi connectivity index (χ2v) is 10.4. The lowest BCUT2D eigenvalue weighted by Gasteiger charge is -2.35. The number of fused-ring (bicyclic) bond motifs is 6. The van der Waals surface area contributed by atoms with Crippen molar-refractivity contribution in [3.63, 3.8) is 0 Å². The number of aryl methyl sites for hydroxylation is 2. The molecule has 7 nitrogen and oxygen atoms in total. The van der Waals surface area contributed by atoms with Crippen molar-refractivity contribution < 1.29 is 9.53 Å². The van der Waals surface area contributed by atoms with E-state index in [9.17, 15) is 4.79 Å². The van der Waals surface area contributed by atoms with Crippen LogP contribution in [0.25, 0.3) is 0 Å². The highest BCUT2D eigenvalue weighted by atomic mass is 16.5. The molecule has 2 aromatic carbocycles. The lowest BCUT2D eigenvalue weighted by atomic mass is 9.91. The Morgan fingerprint density at radius 2 is 1.72 bits per heavy atom. The van der Waals surface area contributed by atoms with Crippen LogP contribution in [0.4, 0.5) is 17.5 Å². The summed E-state index contributed by atoms with van der Waals surface area (Å²) in [7, 11) is 1.68. The van der Waals surface area contributed by atoms with Crippen molar-refractivity contribution in [1.29, 1.82) is 0 Å². The summed E-state index contributed by atoms with van der Waals surface area (Å²) in [5, 5.41) is 3.08. The molecule has 3 aromatic rings. The summed E-state index contributed by atoms with van der Waals surface area (Å²) in [6.45, 7) is 11.6. The molecule has 2 aliphatic rings. The zero-order chi connectivity index (χ0) is 27.8. The van der Waals surface area contributed by atoms with Crippen LogP contribution in [0.1, 0.15) is 73.1 Å². The molecule has 1 saturated heterocycles. The largest absolute Gasteiger partial charge is 0.497 e. The SMILES string of the molecule is CC.COc1ccc(CN2CCCCC3CCCN(C3)c3cc(C)ccc3C(=O)Nc3cc(C)nc2n3)cc1. The Balaban J connectivity index is 0.00000172. The Kier molecular flexibility index (Phi) is 9.79. The van der Waals surface area contributed by atoms with Crippen LogP contribution in [0.3, 0.4) is 0 Å². The van der Waals surface area contributed by atoms with E-state index >= 15 is 0 Å². The van der Waals surface area contributed by atoms with Crippen LogP contribution in [-0.4, -0.2) is 42.6 Å². The quantitative estimate of drug-likeness (QED) is 0.403. The van der Waals surface area contributed by atoms with Gasteiger partial charge < -0.3 is 19.9 Å². The summed E-state index contributed by atoms with van der Waals surface area (Å²) in [6.07, 6.45) is 5.84. The predicted octanol–water partition coefficient (Wildman–Crippen LogP) is 6.79. The molecule has 39 heavy (non-hydrogen) atoms. The minimum atomic E-state index is -0.127. The van der Waals surface area contributed by atoms with Crippen LogP contribution in [0.15, 0.2) is 48.5 Å². The van der Waals surface area contributed by atoms with E-state index in [4.69, 9.17) is 14.7 Å². The van der Waals surface area contributed by atoms with E-state index in [1.807, 2.05) is 51.1 Å². The first-order valence-electron chi connectivity index (χ1n) is 14.4. The number of hydrogen-bond acceptors (Lipinski definition) is 6. The topological polar surface area (TPSA) is 70.6 Å². The van der Waals surface area contributed by atoms with E-state index in [0.29, 0.717) is 29.8 Å². The highest BCUT2D eigenvalue weighted by Crippen LogP contribution is 2.31. The van der Waals surface area contributed by atoms with E-state index < -0.39 is 0 Å². The minimum Gasteiger partial charge on any atom is -0.497 e. The molecule has 0 spiro atoms. The molecule has 1 atom stereocenters. The van der Waals surface area contributed by atoms with Gasteiger partial charge in [0.15, 0.2) is 0 Å². The summed E-state index contributed by atoms with van der Waals surface area (Å²) in [5.74, 6) is 2.54. The first kappa shape index (κ1) is 28.4. The van der Waals surface area contributed by atoms with Gasteiger partial charge >= 0.3 is 0 Å². The van der Waals surface area contributed by atoms with E-state index in [0.717, 1.165) is 56.0 Å². The van der Waals surface area contributed by atoms with Gasteiger partial charge in [0.05, 0.1) is 12.7 Å². The van der Waals surface area contributed by atoms with Crippen LogP contribution < -0.4 is 19.9 Å². The summed E-state index contributed by atoms with van der Waals surface area (Å²) >= 11 is 0. The van der Waals surface area contributed by atoms with Gasteiger partial charge in [0.2, 0.25) is 5.95 Å². The summed E-state index contributed by atoms with van der Waals surface area (Å²) in [4.78, 5) is 27.8. The molecule has 208 valence electrons. The average molecular weight is 530 g/mol. The van der Waals surface area contributed by atoms with E-state index in [1.54, 1.807) is 7.11 Å². The Hall–Kier alpha value is -3.61. The van der Waals surface area contributed by atoms with Gasteiger partial charge in [-0.05, 0) is 80.8 Å². The number of carbonyl (C=O) groups excluding carboxylic acids is 1. The Morgan fingerprint density at radius 1 is 0.949 bits per heavy atom. The standard InChI is InChI=1S/C30H37N5O2.C2H6/c1-21-9-14-26-27(17-21)34-16-6-8-23(19-34)7-4-5-15-35(20-24-10-12-25(37-3)13-11-24)30-31-22(2)18-28(33-30)32-29(26)36;1-2/h9-14,17-18,23H,4-8,15-16,19-20H2,1-3H3,(H,31,32,33,36);1-2H3. The first-order chi connectivity index (χ1) is 19.0. The molecule has 0 radical (unpaired) electrons. The number of benzene rings is 2. The van der Waals surface area contributed by atoms with Crippen LogP contribution in [0.5, 0.6) is 5.75 Å². The molecule has 1 amide bonds. The van der Waals surface area contributed by atoms with Crippen molar-refractivity contribution in [3.05, 3.63) is 70.9 Å². The van der Waals surface area contributed by atoms with Crippen molar-refractivity contribution in [2.24, 2.45) is 5.92 Å². The van der Waals surface area contributed by atoms with E-state index in [1.165, 1.54) is 24.0 Å². The number of nitrogens with one attached hydrogen (secondary N) is 1. The number of aromatic nitrogens is 2. The number of carbonyl (C=O) groups is 1. The third-order valence-corrected chi connectivity index (χ3v) is 7.45. The van der Waals surface area contributed by atoms with E-state index in [-0.39, 0.29) is 5.91 Å². The molecule has 1 fully saturated rings. The minimum absolute atomic E-state index is 0.127. The van der Waals surface area contributed by atoms with Crippen molar-refractivity contribution in [2.45, 2.75) is 66.3 Å². The number of ether oxygens (including phenoxy) is 1. The maximum absolute atomic E-state index is 13.5. The number of rotatable bonds is 3. The molecule has 4 bridgehead atoms. The number of anilines is 3. The smallest absolute Gasteiger partial charge is 0.258 e. The summed E-state index contributed by atoms with van der Waals surface area (Å²) < 4.78 is 5.33. The van der Waals surface area contributed by atoms with Crippen molar-refractivity contribution >= 4 is 23.4 Å². The number of methoxy groups -OCH3 is 1. The number of piperidine rings is 1. The second kappa shape index (κ2) is 13.5. The van der Waals surface area contributed by atoms with Crippen molar-refractivity contribution in [1.82, 2.24) is 9.97 Å². The lowest BCUT2D eigenvalue weighted by Crippen LogP contribution is -2.36. The van der Waals surface area contributed by atoms with Gasteiger partial charge in [-0.3, -0.25) is 4.79 Å². The van der Waals surface area contributed by atoms with Crippen LogP contribution in [0.2, 0.25) is 0 Å². The highest BCUT2D eigenvalue weighted by Gasteiger charge is 2.25. The fourth-order valence-corrected chi connectivity index (χ4v) is 5.49. The zero-order valence-electron chi connectivity index (χ0n) is 24.2. The maximum atomic E-state index is 13.5. The van der Waals surface area contributed by atoms with Crippen LogP contribution >= 0.6 is 0 Å². The van der Waals surface area contributed by atoms with Gasteiger partial charge in [-0.2, -0.15) is 4.98 Å². The van der Waals surface area contributed by atoms with Gasteiger partial charge in [-0.25, -0.2) is 4.98 Å². The molecule has 0 saturated carbocycles. The lowest BCUT2D eigenvalue weighted by molar-refractivity contribution is 0.102. The molecular formula is C32H43N5O2. The highest BCUT2D eigenvalue weighted by molar-refractivity contribution is 6.08. The fourth-order valence-electron chi connectivity index (χ4n) is 5.49. The molecule has 2 aliphatic heterocycles. The Bertz CT molecular complexity index is 1240. The molecule has 0 aliphatic carbocycles. The zero-order valence-corrected chi connectivity index (χ0v) is 24.2. The third-order valence-electron chi connectivity index (χ3n) is 7.45. The van der Waals surface area contributed by atoms with Gasteiger partial charge in [0.1, 0.15) is 11.6 Å². The number of hydrogen-bond donors (Lipinski definition) is 1. The number of amides is 1. The van der Waals surface area contributed by atoms with Crippen LogP contribution in [0, 0.1) is 19.8 Å². The molecule has 5 rings (SSSR count). The second-order valence-electron chi connectivity index (χ2n) is 10.4. The molecule has 1 N–H and O–H groups in total. The monoisotopic (exact) mass is 529 g/mol. The fraction of sp³-hybridized carbons (Fsp3) is 0.469. The summed E-state index contributed by atoms with van der Waals surface area (Å²) in [6, 6.07) is 16.1. The molecule has 7 heteroatoms. The van der Waals surface area contributed by atoms with Crippen molar-refractivity contribution in [2.75, 3.05) is 41.9 Å². The average Bonchev–Trinajstić information content (AvgIpc) is 2.95. The third kappa shape index (κ3) is 7.28. The van der Waals surface area contributed by atoms with Gasteiger partial charge in [-0.1, -0.05) is 38.5 Å². The molecule has 3 heterocycles. The normalized spacial score (nSPS) is 17.6. The predicted molar refractivity (Wildman–Crippen MR) is 160 cm³/mol. The van der Waals surface area contributed by atoms with Gasteiger partial charge in [0, 0.05) is 43.6 Å². The summed E-state index contributed by atoms with van der Waals surface area (Å²) in [5.41, 5.74) is 4.90.